The number of rotatable bonds is 1. The highest BCUT2D eigenvalue weighted by molar-refractivity contribution is 5.90. The van der Waals surface area contributed by atoms with Gasteiger partial charge in [-0.1, -0.05) is 19.9 Å². The van der Waals surface area contributed by atoms with Crippen LogP contribution >= 0.6 is 0 Å². The Kier molecular flexibility index (Phi) is 2.59. The van der Waals surface area contributed by atoms with Crippen molar-refractivity contribution in [3.8, 4) is 0 Å². The Morgan fingerprint density at radius 3 is 2.89 bits per heavy atom. The molecular weight excluding hydrogens is 236 g/mol. The molecule has 3 nitrogen and oxygen atoms in total. The van der Waals surface area contributed by atoms with Crippen molar-refractivity contribution in [1.29, 1.82) is 0 Å². The highest BCUT2D eigenvalue weighted by atomic mass is 16.2. The van der Waals surface area contributed by atoms with Gasteiger partial charge in [-0.05, 0) is 42.2 Å². The van der Waals surface area contributed by atoms with E-state index in [-0.39, 0.29) is 17.2 Å². The highest BCUT2D eigenvalue weighted by Gasteiger charge is 2.45. The molecule has 2 heterocycles. The van der Waals surface area contributed by atoms with Crippen LogP contribution in [0.3, 0.4) is 0 Å². The van der Waals surface area contributed by atoms with Crippen molar-refractivity contribution in [3.05, 3.63) is 47.4 Å². The second-order valence-electron chi connectivity index (χ2n) is 5.97. The Balaban J connectivity index is 1.96. The summed E-state index contributed by atoms with van der Waals surface area (Å²) < 4.78 is 0. The summed E-state index contributed by atoms with van der Waals surface area (Å²) in [5.74, 6) is 0.405. The largest absolute Gasteiger partial charge is 0.329 e. The summed E-state index contributed by atoms with van der Waals surface area (Å²) in [6.07, 6.45) is 8.94. The third-order valence-electron chi connectivity index (χ3n) is 4.18. The summed E-state index contributed by atoms with van der Waals surface area (Å²) in [6, 6.07) is 2.12. The number of aryl methyl sites for hydroxylation is 1. The highest BCUT2D eigenvalue weighted by Crippen LogP contribution is 2.43. The minimum atomic E-state index is -0.307. The summed E-state index contributed by atoms with van der Waals surface area (Å²) in [5, 5.41) is 3.02. The van der Waals surface area contributed by atoms with Gasteiger partial charge in [-0.25, -0.2) is 0 Å². The minimum Gasteiger partial charge on any atom is -0.329 e. The molecule has 1 saturated heterocycles. The zero-order valence-electron chi connectivity index (χ0n) is 11.5. The van der Waals surface area contributed by atoms with E-state index in [4.69, 9.17) is 0 Å². The van der Waals surface area contributed by atoms with Crippen molar-refractivity contribution in [3.63, 3.8) is 0 Å². The molecule has 1 fully saturated rings. The number of aromatic nitrogens is 1. The van der Waals surface area contributed by atoms with Crippen molar-refractivity contribution in [2.24, 2.45) is 11.3 Å². The predicted molar refractivity (Wildman–Crippen MR) is 75.1 cm³/mol. The zero-order chi connectivity index (χ0) is 13.6. The molecule has 1 atom stereocenters. The van der Waals surface area contributed by atoms with Gasteiger partial charge in [0, 0.05) is 24.0 Å². The summed E-state index contributed by atoms with van der Waals surface area (Å²) in [6.45, 7) is 6.07. The summed E-state index contributed by atoms with van der Waals surface area (Å²) in [5.41, 5.74) is 4.16. The number of nitrogens with zero attached hydrogens (tertiary/aromatic N) is 1. The van der Waals surface area contributed by atoms with Crippen LogP contribution < -0.4 is 5.32 Å². The van der Waals surface area contributed by atoms with E-state index in [1.165, 1.54) is 0 Å². The number of pyridine rings is 1. The molecule has 0 saturated carbocycles. The molecule has 1 aliphatic carbocycles. The Hall–Kier alpha value is -1.90. The molecule has 1 aliphatic heterocycles. The Labute approximate surface area is 113 Å². The van der Waals surface area contributed by atoms with E-state index >= 15 is 0 Å². The second-order valence-corrected chi connectivity index (χ2v) is 5.97. The van der Waals surface area contributed by atoms with E-state index in [9.17, 15) is 4.79 Å². The number of allylic oxidation sites excluding steroid dienone is 4. The van der Waals surface area contributed by atoms with Gasteiger partial charge in [0.15, 0.2) is 0 Å². The zero-order valence-corrected chi connectivity index (χ0v) is 11.5. The molecule has 0 aromatic carbocycles. The molecule has 3 heteroatoms. The van der Waals surface area contributed by atoms with E-state index in [1.807, 2.05) is 33.2 Å². The van der Waals surface area contributed by atoms with Gasteiger partial charge in [-0.3, -0.25) is 9.78 Å². The molecule has 1 N–H and O–H groups in total. The van der Waals surface area contributed by atoms with Crippen LogP contribution in [0.5, 0.6) is 0 Å². The third-order valence-corrected chi connectivity index (χ3v) is 4.18. The number of hydrogen-bond donors (Lipinski definition) is 1. The monoisotopic (exact) mass is 254 g/mol. The van der Waals surface area contributed by atoms with Gasteiger partial charge in [-0.15, -0.1) is 0 Å². The van der Waals surface area contributed by atoms with Crippen LogP contribution in [0.2, 0.25) is 0 Å². The molecule has 2 aliphatic rings. The lowest BCUT2D eigenvalue weighted by Crippen LogP contribution is -2.28. The number of nitrogens with one attached hydrogen (secondary N) is 1. The fourth-order valence-corrected chi connectivity index (χ4v) is 2.87. The van der Waals surface area contributed by atoms with E-state index in [1.54, 1.807) is 0 Å². The first-order chi connectivity index (χ1) is 8.98. The standard InChI is InChI=1S/C16H18N2O/c1-10-6-12(9-17-8-10)11-4-5-13-14(7-11)18-15(19)16(13,2)3/h4,6-9,13H,5H2,1-3H3,(H,18,19). The third kappa shape index (κ3) is 1.89. The van der Waals surface area contributed by atoms with E-state index in [0.717, 1.165) is 28.8 Å². The molecule has 98 valence electrons. The Morgan fingerprint density at radius 1 is 1.37 bits per heavy atom. The van der Waals surface area contributed by atoms with E-state index < -0.39 is 0 Å². The maximum atomic E-state index is 12.0. The minimum absolute atomic E-state index is 0.126. The van der Waals surface area contributed by atoms with E-state index in [2.05, 4.69) is 28.5 Å². The number of fused-ring (bicyclic) bond motifs is 1. The first kappa shape index (κ1) is 12.2. The van der Waals surface area contributed by atoms with Crippen molar-refractivity contribution in [2.45, 2.75) is 27.2 Å². The molecule has 1 amide bonds. The van der Waals surface area contributed by atoms with Crippen LogP contribution in [0.1, 0.15) is 31.4 Å². The van der Waals surface area contributed by atoms with Gasteiger partial charge >= 0.3 is 0 Å². The van der Waals surface area contributed by atoms with Crippen LogP contribution in [0.4, 0.5) is 0 Å². The summed E-state index contributed by atoms with van der Waals surface area (Å²) >= 11 is 0. The normalized spacial score (nSPS) is 24.4. The van der Waals surface area contributed by atoms with Gasteiger partial charge in [0.05, 0.1) is 5.41 Å². The van der Waals surface area contributed by atoms with Gasteiger partial charge in [-0.2, -0.15) is 0 Å². The van der Waals surface area contributed by atoms with Gasteiger partial charge in [0.1, 0.15) is 0 Å². The lowest BCUT2D eigenvalue weighted by Gasteiger charge is -2.25. The quantitative estimate of drug-likeness (QED) is 0.837. The molecule has 0 bridgehead atoms. The van der Waals surface area contributed by atoms with Crippen LogP contribution in [0.15, 0.2) is 36.3 Å². The maximum absolute atomic E-state index is 12.0. The topological polar surface area (TPSA) is 42.0 Å². The average Bonchev–Trinajstić information content (AvgIpc) is 2.60. The molecule has 19 heavy (non-hydrogen) atoms. The van der Waals surface area contributed by atoms with Gasteiger partial charge in [0.2, 0.25) is 5.91 Å². The lowest BCUT2D eigenvalue weighted by atomic mass is 9.75. The average molecular weight is 254 g/mol. The second kappa shape index (κ2) is 4.05. The van der Waals surface area contributed by atoms with Crippen molar-refractivity contribution in [1.82, 2.24) is 10.3 Å². The number of carbonyl (C=O) groups excluding carboxylic acids is 1. The van der Waals surface area contributed by atoms with Crippen molar-refractivity contribution >= 4 is 11.5 Å². The molecule has 1 aromatic rings. The number of amides is 1. The molecule has 0 spiro atoms. The lowest BCUT2D eigenvalue weighted by molar-refractivity contribution is -0.127. The van der Waals surface area contributed by atoms with Gasteiger partial charge in [0.25, 0.3) is 0 Å². The van der Waals surface area contributed by atoms with Crippen molar-refractivity contribution < 1.29 is 4.79 Å². The van der Waals surface area contributed by atoms with Crippen LogP contribution in [-0.4, -0.2) is 10.9 Å². The fraction of sp³-hybridized carbons (Fsp3) is 0.375. The molecule has 3 rings (SSSR count). The Bertz CT molecular complexity index is 611. The summed E-state index contributed by atoms with van der Waals surface area (Å²) in [4.78, 5) is 16.2. The number of hydrogen-bond acceptors (Lipinski definition) is 2. The molecular formula is C16H18N2O. The molecule has 0 radical (unpaired) electrons. The molecule has 1 unspecified atom stereocenters. The number of carbonyl (C=O) groups is 1. The smallest absolute Gasteiger partial charge is 0.230 e. The van der Waals surface area contributed by atoms with Crippen LogP contribution in [0, 0.1) is 18.3 Å². The van der Waals surface area contributed by atoms with Crippen LogP contribution in [0.25, 0.3) is 5.57 Å². The maximum Gasteiger partial charge on any atom is 0.230 e. The first-order valence-electron chi connectivity index (χ1n) is 6.64. The van der Waals surface area contributed by atoms with Crippen molar-refractivity contribution in [2.75, 3.05) is 0 Å². The fourth-order valence-electron chi connectivity index (χ4n) is 2.87. The SMILES string of the molecule is Cc1cncc(C2=CCC3C(=C2)NC(=O)C3(C)C)c1. The van der Waals surface area contributed by atoms with Crippen LogP contribution in [-0.2, 0) is 4.79 Å². The Morgan fingerprint density at radius 2 is 2.16 bits per heavy atom. The molecule has 1 aromatic heterocycles. The summed E-state index contributed by atoms with van der Waals surface area (Å²) in [7, 11) is 0. The first-order valence-corrected chi connectivity index (χ1v) is 6.64. The van der Waals surface area contributed by atoms with Gasteiger partial charge < -0.3 is 5.32 Å². The predicted octanol–water partition coefficient (Wildman–Crippen LogP) is 2.83. The van der Waals surface area contributed by atoms with E-state index in [0.29, 0.717) is 0 Å².